The molecule has 1 fully saturated rings. The number of nitrogens with one attached hydrogen (secondary N) is 1. The van der Waals surface area contributed by atoms with Gasteiger partial charge in [-0.05, 0) is 44.6 Å². The van der Waals surface area contributed by atoms with E-state index in [0.29, 0.717) is 25.4 Å². The van der Waals surface area contributed by atoms with Crippen LogP contribution in [-0.2, 0) is 9.53 Å². The summed E-state index contributed by atoms with van der Waals surface area (Å²) in [5.41, 5.74) is 5.48. The molecule has 0 saturated heterocycles. The first-order chi connectivity index (χ1) is 8.65. The maximum atomic E-state index is 11.8. The van der Waals surface area contributed by atoms with Gasteiger partial charge in [-0.1, -0.05) is 13.3 Å². The molecule has 0 spiro atoms. The molecule has 0 bridgehead atoms. The van der Waals surface area contributed by atoms with Crippen LogP contribution in [0.15, 0.2) is 0 Å². The number of amides is 1. The van der Waals surface area contributed by atoms with Crippen LogP contribution in [0.1, 0.15) is 51.9 Å². The molecular weight excluding hydrogens is 228 g/mol. The molecule has 4 nitrogen and oxygen atoms in total. The van der Waals surface area contributed by atoms with Gasteiger partial charge in [0.25, 0.3) is 0 Å². The average Bonchev–Trinajstić information content (AvgIpc) is 2.33. The molecule has 1 aliphatic carbocycles. The summed E-state index contributed by atoms with van der Waals surface area (Å²) in [5, 5.41) is 3.00. The fraction of sp³-hybridized carbons (Fsp3) is 0.929. The van der Waals surface area contributed by atoms with Gasteiger partial charge in [0.2, 0.25) is 5.91 Å². The molecule has 0 aromatic carbocycles. The first-order valence-electron chi connectivity index (χ1n) is 7.17. The van der Waals surface area contributed by atoms with Crippen LogP contribution in [0.3, 0.4) is 0 Å². The van der Waals surface area contributed by atoms with Crippen LogP contribution in [0.5, 0.6) is 0 Å². The van der Waals surface area contributed by atoms with E-state index in [4.69, 9.17) is 10.5 Å². The smallest absolute Gasteiger partial charge is 0.220 e. The van der Waals surface area contributed by atoms with Crippen LogP contribution in [0.25, 0.3) is 0 Å². The van der Waals surface area contributed by atoms with E-state index in [1.807, 2.05) is 0 Å². The van der Waals surface area contributed by atoms with Crippen molar-refractivity contribution in [2.24, 2.45) is 11.7 Å². The largest absolute Gasteiger partial charge is 0.376 e. The van der Waals surface area contributed by atoms with Crippen molar-refractivity contribution in [2.45, 2.75) is 57.5 Å². The van der Waals surface area contributed by atoms with Crippen LogP contribution in [0.4, 0.5) is 0 Å². The number of ether oxygens (including phenoxy) is 1. The Morgan fingerprint density at radius 3 is 2.61 bits per heavy atom. The van der Waals surface area contributed by atoms with Crippen molar-refractivity contribution >= 4 is 5.91 Å². The maximum absolute atomic E-state index is 11.8. The molecule has 1 atom stereocenters. The highest BCUT2D eigenvalue weighted by Gasteiger charge is 2.37. The third kappa shape index (κ3) is 4.58. The van der Waals surface area contributed by atoms with Gasteiger partial charge < -0.3 is 15.8 Å². The number of carbonyl (C=O) groups is 1. The summed E-state index contributed by atoms with van der Waals surface area (Å²) in [7, 11) is 1.74. The van der Waals surface area contributed by atoms with E-state index in [9.17, 15) is 4.79 Å². The quantitative estimate of drug-likeness (QED) is 0.661. The lowest BCUT2D eigenvalue weighted by molar-refractivity contribution is -0.125. The third-order valence-corrected chi connectivity index (χ3v) is 4.24. The molecule has 0 aliphatic heterocycles. The van der Waals surface area contributed by atoms with E-state index >= 15 is 0 Å². The molecule has 0 aromatic rings. The van der Waals surface area contributed by atoms with Gasteiger partial charge in [-0.3, -0.25) is 4.79 Å². The first kappa shape index (κ1) is 15.4. The average molecular weight is 256 g/mol. The second-order valence-electron chi connectivity index (χ2n) is 5.41. The Morgan fingerprint density at radius 2 is 2.17 bits per heavy atom. The fourth-order valence-corrected chi connectivity index (χ4v) is 2.50. The zero-order valence-electron chi connectivity index (χ0n) is 11.8. The second kappa shape index (κ2) is 7.74. The number of hydrogen-bond acceptors (Lipinski definition) is 3. The van der Waals surface area contributed by atoms with E-state index in [1.165, 1.54) is 6.42 Å². The van der Waals surface area contributed by atoms with Gasteiger partial charge in [0.15, 0.2) is 0 Å². The number of hydrogen-bond donors (Lipinski definition) is 2. The summed E-state index contributed by atoms with van der Waals surface area (Å²) >= 11 is 0. The molecule has 1 amide bonds. The molecule has 0 heterocycles. The van der Waals surface area contributed by atoms with Crippen molar-refractivity contribution in [1.82, 2.24) is 5.32 Å². The van der Waals surface area contributed by atoms with Gasteiger partial charge in [0.05, 0.1) is 5.60 Å². The van der Waals surface area contributed by atoms with Gasteiger partial charge in [-0.15, -0.1) is 0 Å². The zero-order chi connectivity index (χ0) is 13.4. The molecule has 1 rings (SSSR count). The highest BCUT2D eigenvalue weighted by atomic mass is 16.5. The lowest BCUT2D eigenvalue weighted by Gasteiger charge is -2.40. The Hall–Kier alpha value is -0.610. The Kier molecular flexibility index (Phi) is 6.65. The monoisotopic (exact) mass is 256 g/mol. The number of nitrogens with two attached hydrogens (primary N) is 1. The predicted octanol–water partition coefficient (Wildman–Crippen LogP) is 1.83. The lowest BCUT2D eigenvalue weighted by atomic mass is 9.80. The topological polar surface area (TPSA) is 64.4 Å². The second-order valence-corrected chi connectivity index (χ2v) is 5.41. The summed E-state index contributed by atoms with van der Waals surface area (Å²) in [4.78, 5) is 11.8. The van der Waals surface area contributed by atoms with Crippen LogP contribution >= 0.6 is 0 Å². The molecule has 1 saturated carbocycles. The zero-order valence-corrected chi connectivity index (χ0v) is 11.8. The highest BCUT2D eigenvalue weighted by molar-refractivity contribution is 5.75. The van der Waals surface area contributed by atoms with Gasteiger partial charge in [0.1, 0.15) is 0 Å². The SMILES string of the molecule is CCC(CCN)CCC(=O)NCC1(OC)CCC1. The van der Waals surface area contributed by atoms with Crippen molar-refractivity contribution in [3.63, 3.8) is 0 Å². The van der Waals surface area contributed by atoms with Crippen molar-refractivity contribution in [1.29, 1.82) is 0 Å². The van der Waals surface area contributed by atoms with Gasteiger partial charge >= 0.3 is 0 Å². The fourth-order valence-electron chi connectivity index (χ4n) is 2.50. The number of carbonyl (C=O) groups excluding carboxylic acids is 1. The van der Waals surface area contributed by atoms with Crippen molar-refractivity contribution < 1.29 is 9.53 Å². The van der Waals surface area contributed by atoms with Gasteiger partial charge in [-0.2, -0.15) is 0 Å². The molecule has 0 aromatic heterocycles. The van der Waals surface area contributed by atoms with Crippen molar-refractivity contribution in [2.75, 3.05) is 20.2 Å². The maximum Gasteiger partial charge on any atom is 0.220 e. The summed E-state index contributed by atoms with van der Waals surface area (Å²) < 4.78 is 5.48. The molecule has 1 unspecified atom stereocenters. The van der Waals surface area contributed by atoms with Crippen LogP contribution in [0, 0.1) is 5.92 Å². The third-order valence-electron chi connectivity index (χ3n) is 4.24. The van der Waals surface area contributed by atoms with E-state index in [2.05, 4.69) is 12.2 Å². The first-order valence-corrected chi connectivity index (χ1v) is 7.17. The molecule has 4 heteroatoms. The number of methoxy groups -OCH3 is 1. The predicted molar refractivity (Wildman–Crippen MR) is 73.3 cm³/mol. The molecule has 18 heavy (non-hydrogen) atoms. The molecule has 1 aliphatic rings. The van der Waals surface area contributed by atoms with Crippen molar-refractivity contribution in [3.05, 3.63) is 0 Å². The van der Waals surface area contributed by atoms with Crippen LogP contribution < -0.4 is 11.1 Å². The molecule has 3 N–H and O–H groups in total. The van der Waals surface area contributed by atoms with E-state index in [0.717, 1.165) is 32.1 Å². The minimum Gasteiger partial charge on any atom is -0.376 e. The summed E-state index contributed by atoms with van der Waals surface area (Å²) in [6, 6.07) is 0. The highest BCUT2D eigenvalue weighted by Crippen LogP contribution is 2.34. The van der Waals surface area contributed by atoms with Crippen LogP contribution in [0.2, 0.25) is 0 Å². The summed E-state index contributed by atoms with van der Waals surface area (Å²) in [6.45, 7) is 3.54. The van der Waals surface area contributed by atoms with Gasteiger partial charge in [0, 0.05) is 20.1 Å². The molecular formula is C14H28N2O2. The Balaban J connectivity index is 2.17. The van der Waals surface area contributed by atoms with E-state index in [1.54, 1.807) is 7.11 Å². The van der Waals surface area contributed by atoms with E-state index < -0.39 is 0 Å². The Morgan fingerprint density at radius 1 is 1.44 bits per heavy atom. The van der Waals surface area contributed by atoms with Gasteiger partial charge in [-0.25, -0.2) is 0 Å². The van der Waals surface area contributed by atoms with E-state index in [-0.39, 0.29) is 11.5 Å². The molecule has 106 valence electrons. The summed E-state index contributed by atoms with van der Waals surface area (Å²) in [5.74, 6) is 0.731. The van der Waals surface area contributed by atoms with Crippen LogP contribution in [-0.4, -0.2) is 31.7 Å². The standard InChI is InChI=1S/C14H28N2O2/c1-3-12(7-10-15)5-6-13(17)16-11-14(18-2)8-4-9-14/h12H,3-11,15H2,1-2H3,(H,16,17). The minimum atomic E-state index is -0.0723. The minimum absolute atomic E-state index is 0.0723. The summed E-state index contributed by atoms with van der Waals surface area (Å²) in [6.07, 6.45) is 7.01. The molecule has 0 radical (unpaired) electrons. The normalized spacial score (nSPS) is 19.1. The Bertz CT molecular complexity index is 247. The van der Waals surface area contributed by atoms with Crippen molar-refractivity contribution in [3.8, 4) is 0 Å². The lowest BCUT2D eigenvalue weighted by Crippen LogP contribution is -2.49. The Labute approximate surface area is 111 Å². The number of rotatable bonds is 9.